The molecule has 2 aromatic heterocycles. The summed E-state index contributed by atoms with van der Waals surface area (Å²) >= 11 is 0. The molecule has 2 aromatic rings. The molecule has 2 fully saturated rings. The van der Waals surface area contributed by atoms with E-state index in [4.69, 9.17) is 4.74 Å². The third-order valence-corrected chi connectivity index (χ3v) is 6.52. The number of carbonyl (C=O) groups excluding carboxylic acids is 1. The maximum atomic E-state index is 13.7. The largest absolute Gasteiger partial charge is 0.380 e. The summed E-state index contributed by atoms with van der Waals surface area (Å²) in [6.45, 7) is 5.86. The van der Waals surface area contributed by atoms with Gasteiger partial charge < -0.3 is 14.5 Å². The highest BCUT2D eigenvalue weighted by atomic mass is 16.5. The van der Waals surface area contributed by atoms with E-state index in [1.165, 1.54) is 0 Å². The molecule has 0 radical (unpaired) electrons. The van der Waals surface area contributed by atoms with E-state index in [1.807, 2.05) is 30.0 Å². The van der Waals surface area contributed by atoms with Gasteiger partial charge in [0.2, 0.25) is 5.91 Å². The number of fused-ring (bicyclic) bond motifs is 4. The number of carbonyl (C=O) groups is 1. The van der Waals surface area contributed by atoms with E-state index in [1.54, 1.807) is 16.8 Å². The van der Waals surface area contributed by atoms with E-state index in [-0.39, 0.29) is 23.3 Å². The average Bonchev–Trinajstić information content (AvgIpc) is 3.04. The zero-order valence-corrected chi connectivity index (χ0v) is 17.2. The molecule has 0 unspecified atom stereocenters. The zero-order chi connectivity index (χ0) is 20.7. The molecule has 158 valence electrons. The van der Waals surface area contributed by atoms with Gasteiger partial charge in [0.15, 0.2) is 0 Å². The summed E-state index contributed by atoms with van der Waals surface area (Å²) in [5, 5.41) is 0. The van der Waals surface area contributed by atoms with Crippen molar-refractivity contribution in [3.05, 3.63) is 52.3 Å². The van der Waals surface area contributed by atoms with Crippen molar-refractivity contribution in [2.45, 2.75) is 31.7 Å². The fourth-order valence-corrected chi connectivity index (χ4v) is 5.21. The van der Waals surface area contributed by atoms with Gasteiger partial charge in [0, 0.05) is 62.6 Å². The van der Waals surface area contributed by atoms with Crippen molar-refractivity contribution in [2.24, 2.45) is 5.92 Å². The van der Waals surface area contributed by atoms with Crippen LogP contribution < -0.4 is 10.5 Å². The van der Waals surface area contributed by atoms with Gasteiger partial charge in [0.25, 0.3) is 5.56 Å². The Labute approximate surface area is 175 Å². The number of ether oxygens (including phenoxy) is 1. The molecule has 0 N–H and O–H groups in total. The number of pyridine rings is 1. The van der Waals surface area contributed by atoms with Crippen molar-refractivity contribution in [3.8, 4) is 0 Å². The van der Waals surface area contributed by atoms with Crippen molar-refractivity contribution >= 4 is 11.7 Å². The van der Waals surface area contributed by atoms with Crippen LogP contribution in [-0.4, -0.2) is 64.7 Å². The van der Waals surface area contributed by atoms with Crippen LogP contribution in [0.1, 0.15) is 36.3 Å². The van der Waals surface area contributed by atoms with Gasteiger partial charge in [-0.05, 0) is 31.9 Å². The minimum absolute atomic E-state index is 0.0409. The van der Waals surface area contributed by atoms with Crippen LogP contribution in [0.5, 0.6) is 0 Å². The number of piperidine rings is 1. The normalized spacial score (nSPS) is 26.1. The minimum atomic E-state index is -0.478. The van der Waals surface area contributed by atoms with E-state index in [2.05, 4.69) is 14.9 Å². The van der Waals surface area contributed by atoms with Crippen LogP contribution in [0.4, 0.5) is 5.82 Å². The maximum Gasteiger partial charge on any atom is 0.251 e. The number of nitrogens with zero attached hydrogens (tertiary/aromatic N) is 5. The Balaban J connectivity index is 1.53. The lowest BCUT2D eigenvalue weighted by atomic mass is 9.78. The van der Waals surface area contributed by atoms with E-state index < -0.39 is 6.04 Å². The van der Waals surface area contributed by atoms with E-state index in [0.29, 0.717) is 32.8 Å². The summed E-state index contributed by atoms with van der Waals surface area (Å²) in [6, 6.07) is 6.83. The zero-order valence-electron chi connectivity index (χ0n) is 17.2. The predicted octanol–water partition coefficient (Wildman–Crippen LogP) is 1.36. The standard InChI is InChI=1S/C22H27N5O3/c1-15-23-7-6-19(24-15)26-13-16-12-17(14-26)21(27-18(16)4-2-5-20(27)28)22(29)25-8-3-10-30-11-9-25/h2,4-7,16-17,21H,3,8-14H2,1H3/t16-,17+,21-/m1/s1. The van der Waals surface area contributed by atoms with Crippen molar-refractivity contribution in [2.75, 3.05) is 44.3 Å². The van der Waals surface area contributed by atoms with Crippen molar-refractivity contribution in [1.29, 1.82) is 0 Å². The third-order valence-electron chi connectivity index (χ3n) is 6.52. The Kier molecular flexibility index (Phi) is 5.02. The van der Waals surface area contributed by atoms with E-state index >= 15 is 0 Å². The van der Waals surface area contributed by atoms with Crippen LogP contribution in [0.15, 0.2) is 35.3 Å². The van der Waals surface area contributed by atoms with Crippen LogP contribution in [-0.2, 0) is 9.53 Å². The summed E-state index contributed by atoms with van der Waals surface area (Å²) < 4.78 is 7.31. The summed E-state index contributed by atoms with van der Waals surface area (Å²) in [5.41, 5.74) is 0.872. The molecule has 3 atom stereocenters. The first kappa shape index (κ1) is 19.2. The Morgan fingerprint density at radius 3 is 2.93 bits per heavy atom. The minimum Gasteiger partial charge on any atom is -0.380 e. The lowest BCUT2D eigenvalue weighted by molar-refractivity contribution is -0.137. The van der Waals surface area contributed by atoms with Gasteiger partial charge >= 0.3 is 0 Å². The summed E-state index contributed by atoms with van der Waals surface area (Å²) in [4.78, 5) is 39.5. The Morgan fingerprint density at radius 2 is 2.07 bits per heavy atom. The second kappa shape index (κ2) is 7.83. The first-order valence-electron chi connectivity index (χ1n) is 10.7. The molecule has 0 aliphatic carbocycles. The van der Waals surface area contributed by atoms with Crippen molar-refractivity contribution < 1.29 is 9.53 Å². The summed E-state index contributed by atoms with van der Waals surface area (Å²) in [5.74, 6) is 1.92. The van der Waals surface area contributed by atoms with Crippen LogP contribution >= 0.6 is 0 Å². The lowest BCUT2D eigenvalue weighted by Crippen LogP contribution is -2.54. The summed E-state index contributed by atoms with van der Waals surface area (Å²) in [7, 11) is 0. The molecule has 30 heavy (non-hydrogen) atoms. The average molecular weight is 409 g/mol. The molecule has 0 saturated carbocycles. The lowest BCUT2D eigenvalue weighted by Gasteiger charge is -2.47. The Morgan fingerprint density at radius 1 is 1.17 bits per heavy atom. The van der Waals surface area contributed by atoms with Crippen LogP contribution in [0.2, 0.25) is 0 Å². The monoisotopic (exact) mass is 409 g/mol. The van der Waals surface area contributed by atoms with Gasteiger partial charge in [-0.3, -0.25) is 14.2 Å². The predicted molar refractivity (Wildman–Crippen MR) is 112 cm³/mol. The van der Waals surface area contributed by atoms with Gasteiger partial charge in [-0.2, -0.15) is 0 Å². The quantitative estimate of drug-likeness (QED) is 0.745. The number of aromatic nitrogens is 3. The van der Waals surface area contributed by atoms with Crippen molar-refractivity contribution in [3.63, 3.8) is 0 Å². The molecule has 1 amide bonds. The molecule has 8 nitrogen and oxygen atoms in total. The van der Waals surface area contributed by atoms with Gasteiger partial charge in [-0.25, -0.2) is 9.97 Å². The third kappa shape index (κ3) is 3.39. The smallest absolute Gasteiger partial charge is 0.251 e. The topological polar surface area (TPSA) is 80.6 Å². The van der Waals surface area contributed by atoms with Gasteiger partial charge in [0.05, 0.1) is 6.61 Å². The van der Waals surface area contributed by atoms with Gasteiger partial charge in [-0.15, -0.1) is 0 Å². The van der Waals surface area contributed by atoms with Crippen LogP contribution in [0.25, 0.3) is 0 Å². The fraction of sp³-hybridized carbons (Fsp3) is 0.545. The molecule has 0 spiro atoms. The van der Waals surface area contributed by atoms with Crippen LogP contribution in [0.3, 0.4) is 0 Å². The number of hydrogen-bond donors (Lipinski definition) is 0. The Bertz CT molecular complexity index is 998. The van der Waals surface area contributed by atoms with Crippen LogP contribution in [0, 0.1) is 12.8 Å². The second-order valence-electron chi connectivity index (χ2n) is 8.45. The van der Waals surface area contributed by atoms with E-state index in [0.717, 1.165) is 36.7 Å². The summed E-state index contributed by atoms with van der Waals surface area (Å²) in [6.07, 6.45) is 3.51. The fourth-order valence-electron chi connectivity index (χ4n) is 5.21. The number of anilines is 1. The SMILES string of the molecule is Cc1nccc(N2C[C@H]3C[C@@H](C2)[C@H](C(=O)N2CCCOCC2)n2c3cccc2=O)n1. The molecule has 8 heteroatoms. The Hall–Kier alpha value is -2.74. The molecular weight excluding hydrogens is 382 g/mol. The van der Waals surface area contributed by atoms with Gasteiger partial charge in [0.1, 0.15) is 17.7 Å². The number of hydrogen-bond acceptors (Lipinski definition) is 6. The maximum absolute atomic E-state index is 13.7. The highest BCUT2D eigenvalue weighted by Crippen LogP contribution is 2.42. The molecule has 5 rings (SSSR count). The van der Waals surface area contributed by atoms with Crippen molar-refractivity contribution in [1.82, 2.24) is 19.4 Å². The van der Waals surface area contributed by atoms with Gasteiger partial charge in [-0.1, -0.05) is 6.07 Å². The number of rotatable bonds is 2. The first-order chi connectivity index (χ1) is 14.6. The first-order valence-corrected chi connectivity index (χ1v) is 10.7. The molecule has 2 bridgehead atoms. The molecular formula is C22H27N5O3. The number of aryl methyl sites for hydroxylation is 1. The molecule has 2 saturated heterocycles. The van der Waals surface area contributed by atoms with E-state index in [9.17, 15) is 9.59 Å². The number of amides is 1. The molecule has 3 aliphatic rings. The highest BCUT2D eigenvalue weighted by molar-refractivity contribution is 5.81. The molecule has 3 aliphatic heterocycles. The molecule has 0 aromatic carbocycles. The highest BCUT2D eigenvalue weighted by Gasteiger charge is 2.45. The molecule has 5 heterocycles. The second-order valence-corrected chi connectivity index (χ2v) is 8.45.